The lowest BCUT2D eigenvalue weighted by Crippen LogP contribution is -2.41. The van der Waals surface area contributed by atoms with E-state index >= 15 is 0 Å². The highest BCUT2D eigenvalue weighted by Crippen LogP contribution is 2.25. The zero-order valence-electron chi connectivity index (χ0n) is 21.7. The van der Waals surface area contributed by atoms with Crippen LogP contribution in [0.3, 0.4) is 0 Å². The van der Waals surface area contributed by atoms with Crippen LogP contribution in [0.4, 0.5) is 13.2 Å². The fourth-order valence-electron chi connectivity index (χ4n) is 3.97. The first-order valence-electron chi connectivity index (χ1n) is 12.0. The van der Waals surface area contributed by atoms with E-state index < -0.39 is 28.2 Å². The number of nitrogens with zero attached hydrogens (tertiary/aromatic N) is 2. The molecule has 1 heterocycles. The van der Waals surface area contributed by atoms with Crippen LogP contribution in [0, 0.1) is 0 Å². The zero-order valence-corrected chi connectivity index (χ0v) is 22.5. The molecule has 3 aromatic carbocycles. The summed E-state index contributed by atoms with van der Waals surface area (Å²) in [4.78, 5) is 23.5. The van der Waals surface area contributed by atoms with Gasteiger partial charge in [0, 0.05) is 13.1 Å². The summed E-state index contributed by atoms with van der Waals surface area (Å²) in [7, 11) is -2.26. The molecule has 1 atom stereocenters. The van der Waals surface area contributed by atoms with Gasteiger partial charge in [-0.3, -0.25) is 4.79 Å². The van der Waals surface area contributed by atoms with Gasteiger partial charge in [-0.15, -0.1) is 0 Å². The molecule has 0 bridgehead atoms. The molecule has 1 saturated heterocycles. The molecule has 0 aromatic heterocycles. The van der Waals surface area contributed by atoms with Gasteiger partial charge in [0.15, 0.2) is 0 Å². The summed E-state index contributed by atoms with van der Waals surface area (Å²) in [5.74, 6) is 2.93. The molecule has 3 aromatic rings. The molecule has 1 fully saturated rings. The van der Waals surface area contributed by atoms with E-state index in [9.17, 15) is 26.4 Å². The Morgan fingerprint density at radius 1 is 1.12 bits per heavy atom. The van der Waals surface area contributed by atoms with Crippen molar-refractivity contribution in [2.45, 2.75) is 30.1 Å². The van der Waals surface area contributed by atoms with Crippen molar-refractivity contribution in [3.63, 3.8) is 0 Å². The number of rotatable bonds is 8. The van der Waals surface area contributed by atoms with Crippen molar-refractivity contribution in [1.29, 1.82) is 0 Å². The first kappa shape index (κ1) is 31.1. The lowest BCUT2D eigenvalue weighted by Gasteiger charge is -2.17. The molecule has 4 rings (SSSR count). The van der Waals surface area contributed by atoms with E-state index in [1.165, 1.54) is 6.21 Å². The number of carboxylic acids is 1. The van der Waals surface area contributed by atoms with Gasteiger partial charge in [-0.1, -0.05) is 42.5 Å². The van der Waals surface area contributed by atoms with Gasteiger partial charge in [-0.25, -0.2) is 13.2 Å². The van der Waals surface area contributed by atoms with Crippen molar-refractivity contribution in [3.05, 3.63) is 83.9 Å². The van der Waals surface area contributed by atoms with Crippen LogP contribution in [0.5, 0.6) is 5.75 Å². The molecule has 1 aliphatic rings. The SMILES string of the molecule is COc1cccc(-c2ccc(S(=O)(=O)N[C@H]3CCN(Cc4cccc(C=NN)c4)C3=O)cc2)c1.O=C(O)C(F)(F)F. The number of carbonyl (C=O) groups excluding carboxylic acids is 1. The summed E-state index contributed by atoms with van der Waals surface area (Å²) in [6.07, 6.45) is -3.14. The molecule has 0 aliphatic carbocycles. The van der Waals surface area contributed by atoms with Crippen LogP contribution in [-0.4, -0.2) is 62.4 Å². The third-order valence-electron chi connectivity index (χ3n) is 5.95. The molecule has 10 nitrogen and oxygen atoms in total. The number of amides is 1. The van der Waals surface area contributed by atoms with Gasteiger partial charge in [0.05, 0.1) is 18.2 Å². The Morgan fingerprint density at radius 3 is 2.39 bits per heavy atom. The number of carboxylic acid groups (broad SMARTS) is 1. The van der Waals surface area contributed by atoms with Crippen molar-refractivity contribution in [3.8, 4) is 16.9 Å². The van der Waals surface area contributed by atoms with Crippen molar-refractivity contribution in [1.82, 2.24) is 9.62 Å². The Labute approximate surface area is 234 Å². The number of methoxy groups -OCH3 is 1. The first-order valence-corrected chi connectivity index (χ1v) is 13.5. The van der Waals surface area contributed by atoms with Crippen molar-refractivity contribution >= 4 is 28.1 Å². The van der Waals surface area contributed by atoms with Gasteiger partial charge in [-0.05, 0) is 59.0 Å². The molecule has 0 unspecified atom stereocenters. The number of halogens is 3. The lowest BCUT2D eigenvalue weighted by atomic mass is 10.1. The molecule has 0 spiro atoms. The highest BCUT2D eigenvalue weighted by Gasteiger charge is 2.38. The van der Waals surface area contributed by atoms with E-state index in [4.69, 9.17) is 20.5 Å². The molecule has 4 N–H and O–H groups in total. The second-order valence-electron chi connectivity index (χ2n) is 8.80. The van der Waals surface area contributed by atoms with Gasteiger partial charge in [-0.2, -0.15) is 23.0 Å². The fourth-order valence-corrected chi connectivity index (χ4v) is 5.19. The van der Waals surface area contributed by atoms with Gasteiger partial charge < -0.3 is 20.6 Å². The summed E-state index contributed by atoms with van der Waals surface area (Å²) in [6.45, 7) is 0.856. The Morgan fingerprint density at radius 2 is 1.78 bits per heavy atom. The topological polar surface area (TPSA) is 151 Å². The number of likely N-dealkylation sites (tertiary alicyclic amines) is 1. The summed E-state index contributed by atoms with van der Waals surface area (Å²) < 4.78 is 65.4. The van der Waals surface area contributed by atoms with E-state index in [0.29, 0.717) is 19.5 Å². The number of carbonyl (C=O) groups is 2. The summed E-state index contributed by atoms with van der Waals surface area (Å²) in [6, 6.07) is 20.8. The van der Waals surface area contributed by atoms with Crippen LogP contribution in [-0.2, 0) is 26.2 Å². The molecular weight excluding hydrogens is 565 g/mol. The quantitative estimate of drug-likeness (QED) is 0.206. The number of alkyl halides is 3. The number of aliphatic carboxylic acids is 1. The molecule has 218 valence electrons. The van der Waals surface area contributed by atoms with Crippen LogP contribution >= 0.6 is 0 Å². The number of sulfonamides is 1. The second kappa shape index (κ2) is 13.3. The van der Waals surface area contributed by atoms with E-state index in [0.717, 1.165) is 28.0 Å². The van der Waals surface area contributed by atoms with E-state index in [2.05, 4.69) is 9.82 Å². The number of hydrogen-bond acceptors (Lipinski definition) is 7. The average Bonchev–Trinajstić information content (AvgIpc) is 3.26. The number of hydrazone groups is 1. The van der Waals surface area contributed by atoms with Crippen LogP contribution in [0.1, 0.15) is 17.5 Å². The highest BCUT2D eigenvalue weighted by molar-refractivity contribution is 7.89. The van der Waals surface area contributed by atoms with Crippen LogP contribution in [0.25, 0.3) is 11.1 Å². The van der Waals surface area contributed by atoms with Gasteiger partial charge in [0.1, 0.15) is 11.8 Å². The number of benzene rings is 3. The zero-order chi connectivity index (χ0) is 30.2. The molecule has 0 saturated carbocycles. The van der Waals surface area contributed by atoms with E-state index in [1.54, 1.807) is 36.3 Å². The number of ether oxygens (including phenoxy) is 1. The minimum absolute atomic E-state index is 0.110. The Hall–Kier alpha value is -4.43. The van der Waals surface area contributed by atoms with Crippen molar-refractivity contribution < 1.29 is 41.0 Å². The second-order valence-corrected chi connectivity index (χ2v) is 10.5. The number of nitrogens with two attached hydrogens (primary N) is 1. The molecule has 1 amide bonds. The predicted molar refractivity (Wildman–Crippen MR) is 144 cm³/mol. The van der Waals surface area contributed by atoms with Gasteiger partial charge in [0.2, 0.25) is 15.9 Å². The molecule has 14 heteroatoms. The Balaban J connectivity index is 0.000000587. The normalized spacial score (nSPS) is 15.5. The van der Waals surface area contributed by atoms with Gasteiger partial charge in [0.25, 0.3) is 0 Å². The lowest BCUT2D eigenvalue weighted by molar-refractivity contribution is -0.192. The highest BCUT2D eigenvalue weighted by atomic mass is 32.2. The summed E-state index contributed by atoms with van der Waals surface area (Å²) in [5, 5.41) is 10.6. The maximum absolute atomic E-state index is 12.9. The number of nitrogens with one attached hydrogen (secondary N) is 1. The number of hydrogen-bond donors (Lipinski definition) is 3. The predicted octanol–water partition coefficient (Wildman–Crippen LogP) is 3.37. The smallest absolute Gasteiger partial charge is 0.490 e. The van der Waals surface area contributed by atoms with Crippen molar-refractivity contribution in [2.24, 2.45) is 10.9 Å². The van der Waals surface area contributed by atoms with Gasteiger partial charge >= 0.3 is 12.1 Å². The molecule has 0 radical (unpaired) electrons. The maximum atomic E-state index is 12.9. The molecule has 41 heavy (non-hydrogen) atoms. The Bertz CT molecular complexity index is 1510. The van der Waals surface area contributed by atoms with Crippen LogP contribution < -0.4 is 15.3 Å². The third-order valence-corrected chi connectivity index (χ3v) is 7.44. The van der Waals surface area contributed by atoms with Crippen LogP contribution in [0.2, 0.25) is 0 Å². The molecular formula is C27H27F3N4O6S. The third kappa shape index (κ3) is 8.53. The summed E-state index contributed by atoms with van der Waals surface area (Å²) in [5.41, 5.74) is 3.53. The largest absolute Gasteiger partial charge is 0.497 e. The minimum Gasteiger partial charge on any atom is -0.497 e. The first-order chi connectivity index (χ1) is 19.3. The minimum atomic E-state index is -5.08. The van der Waals surface area contributed by atoms with E-state index in [1.807, 2.05) is 48.5 Å². The van der Waals surface area contributed by atoms with Crippen molar-refractivity contribution in [2.75, 3.05) is 13.7 Å². The monoisotopic (exact) mass is 592 g/mol. The Kier molecular flexibility index (Phi) is 10.1. The van der Waals surface area contributed by atoms with E-state index in [-0.39, 0.29) is 10.8 Å². The average molecular weight is 593 g/mol. The summed E-state index contributed by atoms with van der Waals surface area (Å²) >= 11 is 0. The van der Waals surface area contributed by atoms with Crippen LogP contribution in [0.15, 0.2) is 82.8 Å². The maximum Gasteiger partial charge on any atom is 0.490 e. The fraction of sp³-hybridized carbons (Fsp3) is 0.222. The molecule has 1 aliphatic heterocycles. The standard InChI is InChI=1S/C25H26N4O4S.C2HF3O2/c1-33-22-7-3-6-21(15-22)20-8-10-23(11-9-20)34(31,32)28-24-12-13-29(25(24)30)17-19-5-2-4-18(14-19)16-27-26;3-2(4,5)1(6)7/h2-11,14-16,24,28H,12-13,17,26H2,1H3;(H,6,7)/t24-;/m0./s1.